The van der Waals surface area contributed by atoms with Crippen LogP contribution in [-0.4, -0.2) is 131 Å². The van der Waals surface area contributed by atoms with Gasteiger partial charge in [-0.25, -0.2) is 19.2 Å². The number of esters is 1. The third kappa shape index (κ3) is 24.6. The van der Waals surface area contributed by atoms with Crippen molar-refractivity contribution in [3.63, 3.8) is 0 Å². The van der Waals surface area contributed by atoms with E-state index < -0.39 is 138 Å². The van der Waals surface area contributed by atoms with Crippen LogP contribution in [0.4, 0.5) is 9.59 Å². The summed E-state index contributed by atoms with van der Waals surface area (Å²) in [6.07, 6.45) is -2.88. The summed E-state index contributed by atoms with van der Waals surface area (Å²) in [7, 11) is 0. The van der Waals surface area contributed by atoms with Gasteiger partial charge in [-0.15, -0.1) is 0 Å². The third-order valence-electron chi connectivity index (χ3n) is 11.1. The molecule has 75 heavy (non-hydrogen) atoms. The molecule has 2 aromatic rings. The van der Waals surface area contributed by atoms with Crippen molar-refractivity contribution in [2.45, 2.75) is 169 Å². The van der Waals surface area contributed by atoms with Crippen molar-refractivity contribution >= 4 is 59.6 Å². The minimum Gasteiger partial charge on any atom is -0.480 e. The number of hydrogen-bond acceptors (Lipinski definition) is 13. The summed E-state index contributed by atoms with van der Waals surface area (Å²) in [6.45, 7) is 20.4. The van der Waals surface area contributed by atoms with Gasteiger partial charge in [0.25, 0.3) is 0 Å². The lowest BCUT2D eigenvalue weighted by atomic mass is 9.96. The molecule has 8 amide bonds. The fourth-order valence-corrected chi connectivity index (χ4v) is 7.19. The molecule has 0 aromatic heterocycles. The van der Waals surface area contributed by atoms with Crippen LogP contribution in [0.1, 0.15) is 114 Å². The minimum atomic E-state index is -1.73. The Labute approximate surface area is 440 Å². The zero-order valence-electron chi connectivity index (χ0n) is 45.5. The molecule has 0 saturated heterocycles. The van der Waals surface area contributed by atoms with Crippen LogP contribution in [0.2, 0.25) is 0 Å². The number of aliphatic carboxylic acids is 1. The maximum atomic E-state index is 14.2. The van der Waals surface area contributed by atoms with Crippen molar-refractivity contribution in [3.8, 4) is 0 Å². The molecule has 416 valence electrons. The second kappa shape index (κ2) is 30.2. The first-order valence-electron chi connectivity index (χ1n) is 25.1. The normalized spacial score (nSPS) is 14.7. The molecule has 0 heterocycles. The van der Waals surface area contributed by atoms with Crippen molar-refractivity contribution in [2.75, 3.05) is 13.1 Å². The minimum absolute atomic E-state index is 0.0518. The van der Waals surface area contributed by atoms with Crippen LogP contribution in [0.15, 0.2) is 60.7 Å². The van der Waals surface area contributed by atoms with E-state index in [-0.39, 0.29) is 25.2 Å². The van der Waals surface area contributed by atoms with Crippen molar-refractivity contribution < 1.29 is 67.3 Å². The predicted octanol–water partition coefficient (Wildman–Crippen LogP) is 3.19. The Morgan fingerprint density at radius 1 is 0.520 bits per heavy atom. The van der Waals surface area contributed by atoms with Crippen molar-refractivity contribution in [1.29, 1.82) is 0 Å². The number of carbonyl (C=O) groups excluding carboxylic acids is 9. The Morgan fingerprint density at radius 3 is 1.49 bits per heavy atom. The maximum Gasteiger partial charge on any atom is 0.408 e. The highest BCUT2D eigenvalue weighted by Gasteiger charge is 2.37. The molecule has 2 aromatic carbocycles. The second-order valence-corrected chi connectivity index (χ2v) is 21.1. The average Bonchev–Trinajstić information content (AvgIpc) is 3.30. The number of carbonyl (C=O) groups is 10. The molecule has 0 aliphatic rings. The van der Waals surface area contributed by atoms with Crippen LogP contribution >= 0.6 is 0 Å². The SMILES string of the molecule is CC[C@H](C)[C@H](NC(=O)CNC(=O)OC(C)(C)C)C(=O)N[C@@H](CC(C)C)C(=O)NCC(=O)N[C@@H](Cc1ccccc1)C(=O)N[C@H](C(=O)N[C@@H](Cc1ccccc1)C(=O)O[C@H](C)[C@H](NC(=O)OC(C)(C)C)C(=O)O)C(C)C. The molecular weight excluding hydrogens is 973 g/mol. The topological polar surface area (TPSA) is 315 Å². The van der Waals surface area contributed by atoms with Gasteiger partial charge in [-0.3, -0.25) is 28.8 Å². The smallest absolute Gasteiger partial charge is 0.408 e. The van der Waals surface area contributed by atoms with Crippen LogP contribution in [0.25, 0.3) is 0 Å². The molecule has 0 radical (unpaired) electrons. The Hall–Kier alpha value is -7.26. The standard InChI is InChI=1S/C53H80N8O14/c1-14-32(6)42(59-40(63)29-55-50(71)74-52(8,9)10)47(67)57-36(25-30(2)3)44(64)54-28-39(62)56-37(26-34-21-17-15-18-22-34)45(65)60-41(31(4)5)46(66)58-38(27-35-23-19-16-20-24-35)49(70)73-33(7)43(48(68)69)61-51(72)75-53(11,12)13/h15-24,30-33,36-38,41-43H,14,25-29H2,1-13H3,(H,54,64)(H,55,71)(H,56,62)(H,57,67)(H,58,66)(H,59,63)(H,60,65)(H,61,72)(H,68,69)/t32-,33+,36-,37-,38-,41-,42-,43-/m0/s1. The number of benzene rings is 2. The van der Waals surface area contributed by atoms with Gasteiger partial charge in [-0.1, -0.05) is 109 Å². The molecule has 8 atom stereocenters. The summed E-state index contributed by atoms with van der Waals surface area (Å²) < 4.78 is 15.9. The lowest BCUT2D eigenvalue weighted by molar-refractivity contribution is -0.157. The first kappa shape index (κ1) is 63.9. The fraction of sp³-hybridized carbons (Fsp3) is 0.585. The number of carboxylic acids is 1. The lowest BCUT2D eigenvalue weighted by Crippen LogP contribution is -2.59. The molecule has 22 heteroatoms. The van der Waals surface area contributed by atoms with Gasteiger partial charge in [0, 0.05) is 12.8 Å². The van der Waals surface area contributed by atoms with Crippen molar-refractivity contribution in [1.82, 2.24) is 42.5 Å². The van der Waals surface area contributed by atoms with Gasteiger partial charge in [0.1, 0.15) is 54.1 Å². The Kier molecular flexibility index (Phi) is 25.7. The van der Waals surface area contributed by atoms with Gasteiger partial charge in [0.2, 0.25) is 35.4 Å². The van der Waals surface area contributed by atoms with Gasteiger partial charge in [-0.05, 0) is 83.8 Å². The second-order valence-electron chi connectivity index (χ2n) is 21.1. The molecule has 0 aliphatic carbocycles. The van der Waals surface area contributed by atoms with Crippen molar-refractivity contribution in [2.24, 2.45) is 17.8 Å². The van der Waals surface area contributed by atoms with E-state index >= 15 is 0 Å². The van der Waals surface area contributed by atoms with E-state index in [0.29, 0.717) is 17.5 Å². The molecule has 0 aliphatic heterocycles. The van der Waals surface area contributed by atoms with Crippen LogP contribution in [0, 0.1) is 17.8 Å². The number of hydrogen-bond donors (Lipinski definition) is 9. The summed E-state index contributed by atoms with van der Waals surface area (Å²) in [5, 5.41) is 30.3. The van der Waals surface area contributed by atoms with Gasteiger partial charge in [-0.2, -0.15) is 0 Å². The van der Waals surface area contributed by atoms with Crippen LogP contribution in [-0.2, 0) is 65.4 Å². The molecule has 0 bridgehead atoms. The molecule has 0 fully saturated rings. The lowest BCUT2D eigenvalue weighted by Gasteiger charge is -2.29. The fourth-order valence-electron chi connectivity index (χ4n) is 7.19. The van der Waals surface area contributed by atoms with E-state index in [1.165, 1.54) is 6.92 Å². The van der Waals surface area contributed by atoms with Crippen molar-refractivity contribution in [3.05, 3.63) is 71.8 Å². The molecule has 2 rings (SSSR count). The summed E-state index contributed by atoms with van der Waals surface area (Å²) in [6, 6.07) is 9.24. The maximum absolute atomic E-state index is 14.2. The third-order valence-corrected chi connectivity index (χ3v) is 11.1. The summed E-state index contributed by atoms with van der Waals surface area (Å²) in [4.78, 5) is 133. The van der Waals surface area contributed by atoms with E-state index in [0.717, 1.165) is 0 Å². The zero-order chi connectivity index (χ0) is 56.8. The van der Waals surface area contributed by atoms with Gasteiger partial charge in [0.05, 0.1) is 6.54 Å². The van der Waals surface area contributed by atoms with Crippen LogP contribution in [0.5, 0.6) is 0 Å². The van der Waals surface area contributed by atoms with E-state index in [4.69, 9.17) is 14.2 Å². The summed E-state index contributed by atoms with van der Waals surface area (Å²) in [5.41, 5.74) is -0.526. The van der Waals surface area contributed by atoms with E-state index in [9.17, 15) is 53.1 Å². The molecule has 0 unspecified atom stereocenters. The molecule has 0 spiro atoms. The van der Waals surface area contributed by atoms with Crippen LogP contribution < -0.4 is 42.5 Å². The highest BCUT2D eigenvalue weighted by molar-refractivity contribution is 5.96. The quantitative estimate of drug-likeness (QED) is 0.0459. The number of carboxylic acid groups (broad SMARTS) is 1. The van der Waals surface area contributed by atoms with E-state index in [1.807, 2.05) is 20.8 Å². The van der Waals surface area contributed by atoms with E-state index in [2.05, 4.69) is 42.5 Å². The first-order valence-corrected chi connectivity index (χ1v) is 25.1. The first-order chi connectivity index (χ1) is 34.9. The zero-order valence-corrected chi connectivity index (χ0v) is 45.5. The Balaban J connectivity index is 2.30. The van der Waals surface area contributed by atoms with Crippen LogP contribution in [0.3, 0.4) is 0 Å². The predicted molar refractivity (Wildman–Crippen MR) is 277 cm³/mol. The van der Waals surface area contributed by atoms with E-state index in [1.54, 1.807) is 123 Å². The largest absolute Gasteiger partial charge is 0.480 e. The van der Waals surface area contributed by atoms with Gasteiger partial charge in [0.15, 0.2) is 6.04 Å². The number of rotatable bonds is 27. The molecule has 9 N–H and O–H groups in total. The number of nitrogens with one attached hydrogen (secondary N) is 8. The number of ether oxygens (including phenoxy) is 3. The average molecular weight is 1050 g/mol. The monoisotopic (exact) mass is 1050 g/mol. The van der Waals surface area contributed by atoms with Gasteiger partial charge < -0.3 is 61.9 Å². The van der Waals surface area contributed by atoms with Gasteiger partial charge >= 0.3 is 24.1 Å². The molecule has 22 nitrogen and oxygen atoms in total. The number of amides is 8. The number of alkyl carbamates (subject to hydrolysis) is 2. The molecule has 0 saturated carbocycles. The Bertz CT molecular complexity index is 2250. The highest BCUT2D eigenvalue weighted by Crippen LogP contribution is 2.15. The Morgan fingerprint density at radius 2 is 1.00 bits per heavy atom. The summed E-state index contributed by atoms with van der Waals surface area (Å²) in [5.74, 6) is -8.11. The molecular formula is C53H80N8O14. The summed E-state index contributed by atoms with van der Waals surface area (Å²) >= 11 is 0. The highest BCUT2D eigenvalue weighted by atomic mass is 16.6.